The zero-order valence-electron chi connectivity index (χ0n) is 17.0. The third-order valence-corrected chi connectivity index (χ3v) is 6.61. The second kappa shape index (κ2) is 9.27. The van der Waals surface area contributed by atoms with Crippen molar-refractivity contribution < 1.29 is 19.4 Å². The predicted octanol–water partition coefficient (Wildman–Crippen LogP) is 5.16. The molecule has 0 fully saturated rings. The third-order valence-electron chi connectivity index (χ3n) is 5.42. The summed E-state index contributed by atoms with van der Waals surface area (Å²) in [6.07, 6.45) is -0.727. The number of ether oxygens (including phenoxy) is 1. The van der Waals surface area contributed by atoms with Gasteiger partial charge in [-0.3, -0.25) is 0 Å². The molecule has 0 aliphatic heterocycles. The van der Waals surface area contributed by atoms with Gasteiger partial charge in [-0.1, -0.05) is 73.7 Å². The maximum Gasteiger partial charge on any atom is 0.407 e. The summed E-state index contributed by atoms with van der Waals surface area (Å²) < 4.78 is 5.50. The Balaban J connectivity index is 1.42. The summed E-state index contributed by atoms with van der Waals surface area (Å²) in [7, 11) is 0. The van der Waals surface area contributed by atoms with Gasteiger partial charge in [0.05, 0.1) is 0 Å². The van der Waals surface area contributed by atoms with Crippen LogP contribution in [-0.4, -0.2) is 35.1 Å². The second-order valence-electron chi connectivity index (χ2n) is 7.42. The van der Waals surface area contributed by atoms with E-state index in [4.69, 9.17) is 4.74 Å². The maximum atomic E-state index is 12.5. The van der Waals surface area contributed by atoms with E-state index >= 15 is 0 Å². The fourth-order valence-electron chi connectivity index (χ4n) is 3.93. The molecule has 4 rings (SSSR count). The summed E-state index contributed by atoms with van der Waals surface area (Å²) in [5.41, 5.74) is 4.50. The average Bonchev–Trinajstić information content (AvgIpc) is 3.10. The molecule has 2 atom stereocenters. The Hall–Kier alpha value is -3.25. The molecule has 0 saturated heterocycles. The fraction of sp³-hybridized carbons (Fsp3) is 0.200. The van der Waals surface area contributed by atoms with Gasteiger partial charge in [0.25, 0.3) is 0 Å². The summed E-state index contributed by atoms with van der Waals surface area (Å²) in [4.78, 5) is 25.2. The van der Waals surface area contributed by atoms with E-state index in [-0.39, 0.29) is 17.8 Å². The number of amides is 1. The highest BCUT2D eigenvalue weighted by atomic mass is 32.2. The van der Waals surface area contributed by atoms with Crippen LogP contribution in [0, 0.1) is 0 Å². The molecule has 0 radical (unpaired) electrons. The van der Waals surface area contributed by atoms with Crippen LogP contribution in [-0.2, 0) is 9.53 Å². The first-order valence-corrected chi connectivity index (χ1v) is 11.0. The van der Waals surface area contributed by atoms with E-state index in [1.54, 1.807) is 6.92 Å². The highest BCUT2D eigenvalue weighted by Gasteiger charge is 2.31. The predicted molar refractivity (Wildman–Crippen MR) is 121 cm³/mol. The summed E-state index contributed by atoms with van der Waals surface area (Å²) >= 11 is 1.40. The van der Waals surface area contributed by atoms with Crippen molar-refractivity contribution in [2.75, 3.05) is 6.61 Å². The van der Waals surface area contributed by atoms with Crippen molar-refractivity contribution in [3.8, 4) is 11.1 Å². The van der Waals surface area contributed by atoms with Crippen LogP contribution in [0.4, 0.5) is 4.79 Å². The topological polar surface area (TPSA) is 75.6 Å². The third kappa shape index (κ3) is 4.59. The van der Waals surface area contributed by atoms with Gasteiger partial charge in [0, 0.05) is 16.1 Å². The minimum Gasteiger partial charge on any atom is -0.480 e. The first-order chi connectivity index (χ1) is 15.0. The maximum absolute atomic E-state index is 12.5. The lowest BCUT2D eigenvalue weighted by molar-refractivity contribution is -0.139. The Morgan fingerprint density at radius 1 is 0.935 bits per heavy atom. The first-order valence-electron chi connectivity index (χ1n) is 10.1. The van der Waals surface area contributed by atoms with Crippen LogP contribution in [0.2, 0.25) is 0 Å². The number of carboxylic acids is 1. The lowest BCUT2D eigenvalue weighted by Crippen LogP contribution is -2.47. The lowest BCUT2D eigenvalue weighted by Gasteiger charge is -2.21. The van der Waals surface area contributed by atoms with Gasteiger partial charge in [0.2, 0.25) is 0 Å². The van der Waals surface area contributed by atoms with Gasteiger partial charge in [-0.25, -0.2) is 9.59 Å². The summed E-state index contributed by atoms with van der Waals surface area (Å²) in [6, 6.07) is 24.6. The summed E-state index contributed by atoms with van der Waals surface area (Å²) in [5.74, 6) is -1.16. The highest BCUT2D eigenvalue weighted by Crippen LogP contribution is 2.44. The van der Waals surface area contributed by atoms with Crippen LogP contribution in [0.5, 0.6) is 0 Å². The number of nitrogens with one attached hydrogen (secondary N) is 1. The Bertz CT molecular complexity index is 1040. The quantitative estimate of drug-likeness (QED) is 0.504. The molecule has 3 aromatic rings. The molecule has 158 valence electrons. The molecular weight excluding hydrogens is 410 g/mol. The molecule has 3 aromatic carbocycles. The largest absolute Gasteiger partial charge is 0.480 e. The van der Waals surface area contributed by atoms with Gasteiger partial charge in [-0.2, -0.15) is 0 Å². The minimum atomic E-state index is -1.09. The minimum absolute atomic E-state index is 0.0717. The van der Waals surface area contributed by atoms with Crippen LogP contribution in [0.15, 0.2) is 83.8 Å². The smallest absolute Gasteiger partial charge is 0.407 e. The van der Waals surface area contributed by atoms with E-state index < -0.39 is 18.1 Å². The second-order valence-corrected chi connectivity index (χ2v) is 8.87. The van der Waals surface area contributed by atoms with Gasteiger partial charge < -0.3 is 15.2 Å². The highest BCUT2D eigenvalue weighted by molar-refractivity contribution is 8.00. The molecule has 0 saturated carbocycles. The molecule has 0 aromatic heterocycles. The Labute approximate surface area is 185 Å². The van der Waals surface area contributed by atoms with Crippen molar-refractivity contribution in [1.29, 1.82) is 0 Å². The van der Waals surface area contributed by atoms with Gasteiger partial charge >= 0.3 is 12.1 Å². The fourth-order valence-corrected chi connectivity index (χ4v) is 4.99. The zero-order valence-corrected chi connectivity index (χ0v) is 17.8. The number of hydrogen-bond donors (Lipinski definition) is 2. The van der Waals surface area contributed by atoms with Gasteiger partial charge in [-0.15, -0.1) is 11.8 Å². The molecular formula is C25H23NO4S. The van der Waals surface area contributed by atoms with Crippen LogP contribution < -0.4 is 5.32 Å². The number of carbonyl (C=O) groups excluding carboxylic acids is 1. The molecule has 0 spiro atoms. The number of carbonyl (C=O) groups is 2. The SMILES string of the molecule is C[C@H](Sc1ccccc1)[C@H](NC(=O)OCC1c2ccccc2-c2ccccc21)C(=O)O. The normalized spacial score (nSPS) is 14.2. The molecule has 1 aliphatic carbocycles. The monoisotopic (exact) mass is 433 g/mol. The standard InChI is InChI=1S/C25H23NO4S/c1-16(31-17-9-3-2-4-10-17)23(24(27)28)26-25(29)30-15-22-20-13-7-5-11-18(20)19-12-6-8-14-21(19)22/h2-14,16,22-23H,15H2,1H3,(H,26,29)(H,27,28)/t16-,23-/m0/s1. The Kier molecular flexibility index (Phi) is 6.28. The molecule has 6 heteroatoms. The van der Waals surface area contributed by atoms with E-state index in [1.165, 1.54) is 11.8 Å². The molecule has 0 bridgehead atoms. The van der Waals surface area contributed by atoms with Crippen molar-refractivity contribution >= 4 is 23.8 Å². The zero-order chi connectivity index (χ0) is 21.8. The van der Waals surface area contributed by atoms with Crippen molar-refractivity contribution in [2.45, 2.75) is 29.0 Å². The average molecular weight is 434 g/mol. The van der Waals surface area contributed by atoms with E-state index in [1.807, 2.05) is 66.7 Å². The molecule has 5 nitrogen and oxygen atoms in total. The van der Waals surface area contributed by atoms with Crippen LogP contribution >= 0.6 is 11.8 Å². The van der Waals surface area contributed by atoms with Gasteiger partial charge in [-0.05, 0) is 34.4 Å². The van der Waals surface area contributed by atoms with Gasteiger partial charge in [0.15, 0.2) is 0 Å². The van der Waals surface area contributed by atoms with E-state index in [9.17, 15) is 14.7 Å². The van der Waals surface area contributed by atoms with E-state index in [2.05, 4.69) is 17.4 Å². The van der Waals surface area contributed by atoms with Crippen molar-refractivity contribution in [3.63, 3.8) is 0 Å². The van der Waals surface area contributed by atoms with E-state index in [0.717, 1.165) is 27.1 Å². The Morgan fingerprint density at radius 3 is 2.06 bits per heavy atom. The van der Waals surface area contributed by atoms with Crippen molar-refractivity contribution in [1.82, 2.24) is 5.32 Å². The Morgan fingerprint density at radius 2 is 1.48 bits per heavy atom. The number of alkyl carbamates (subject to hydrolysis) is 1. The van der Waals surface area contributed by atoms with Crippen molar-refractivity contribution in [3.05, 3.63) is 90.0 Å². The first kappa shape index (κ1) is 21.0. The number of rotatable bonds is 7. The molecule has 0 unspecified atom stereocenters. The van der Waals surface area contributed by atoms with Crippen LogP contribution in [0.1, 0.15) is 24.0 Å². The van der Waals surface area contributed by atoms with Gasteiger partial charge in [0.1, 0.15) is 12.6 Å². The lowest BCUT2D eigenvalue weighted by atomic mass is 9.98. The number of thioether (sulfide) groups is 1. The summed E-state index contributed by atoms with van der Waals surface area (Å²) in [5, 5.41) is 11.8. The molecule has 31 heavy (non-hydrogen) atoms. The number of hydrogen-bond acceptors (Lipinski definition) is 4. The number of aliphatic carboxylic acids is 1. The van der Waals surface area contributed by atoms with Crippen LogP contribution in [0.3, 0.4) is 0 Å². The number of benzene rings is 3. The summed E-state index contributed by atoms with van der Waals surface area (Å²) in [6.45, 7) is 1.92. The molecule has 2 N–H and O–H groups in total. The van der Waals surface area contributed by atoms with Crippen molar-refractivity contribution in [2.24, 2.45) is 0 Å². The molecule has 1 amide bonds. The number of fused-ring (bicyclic) bond motifs is 3. The molecule has 1 aliphatic rings. The van der Waals surface area contributed by atoms with Crippen LogP contribution in [0.25, 0.3) is 11.1 Å². The molecule has 0 heterocycles. The number of carboxylic acid groups (broad SMARTS) is 1. The van der Waals surface area contributed by atoms with E-state index in [0.29, 0.717) is 0 Å².